The summed E-state index contributed by atoms with van der Waals surface area (Å²) < 4.78 is 16.1. The molecule has 0 aliphatic carbocycles. The minimum Gasteiger partial charge on any atom is -0.545 e. The van der Waals surface area contributed by atoms with E-state index in [9.17, 15) is 9.90 Å². The molecule has 7 nitrogen and oxygen atoms in total. The van der Waals surface area contributed by atoms with Gasteiger partial charge in [-0.15, -0.1) is 0 Å². The SMILES string of the molecule is COc1cccc(CNc2ccc(N3CCOCC3)c(C(=O)[O-])c2)c1OC. The van der Waals surface area contributed by atoms with Gasteiger partial charge in [-0.3, -0.25) is 0 Å². The maximum absolute atomic E-state index is 11.6. The Balaban J connectivity index is 1.80. The highest BCUT2D eigenvalue weighted by Crippen LogP contribution is 2.31. The minimum atomic E-state index is -1.20. The summed E-state index contributed by atoms with van der Waals surface area (Å²) in [5.41, 5.74) is 2.42. The Kier molecular flexibility index (Phi) is 6.03. The van der Waals surface area contributed by atoms with E-state index in [4.69, 9.17) is 14.2 Å². The standard InChI is InChI=1S/C20H24N2O5/c1-25-18-5-3-4-14(19(18)26-2)13-21-15-6-7-17(16(12-15)20(23)24)22-8-10-27-11-9-22/h3-7,12,21H,8-11,13H2,1-2H3,(H,23,24)/p-1. The van der Waals surface area contributed by atoms with Gasteiger partial charge in [-0.2, -0.15) is 0 Å². The third-order valence-corrected chi connectivity index (χ3v) is 4.54. The summed E-state index contributed by atoms with van der Waals surface area (Å²) in [5.74, 6) is 0.103. The van der Waals surface area contributed by atoms with E-state index in [1.165, 1.54) is 0 Å². The number of aromatic carboxylic acids is 1. The molecule has 1 N–H and O–H groups in total. The average molecular weight is 371 g/mol. The van der Waals surface area contributed by atoms with Crippen LogP contribution in [0.1, 0.15) is 15.9 Å². The lowest BCUT2D eigenvalue weighted by atomic mass is 10.1. The lowest BCUT2D eigenvalue weighted by Gasteiger charge is -2.31. The first kappa shape index (κ1) is 18.8. The van der Waals surface area contributed by atoms with Gasteiger partial charge in [-0.1, -0.05) is 12.1 Å². The van der Waals surface area contributed by atoms with E-state index in [1.54, 1.807) is 20.3 Å². The van der Waals surface area contributed by atoms with Gasteiger partial charge in [0.05, 0.1) is 33.4 Å². The summed E-state index contributed by atoms with van der Waals surface area (Å²) in [6.45, 7) is 2.95. The first-order chi connectivity index (χ1) is 13.1. The largest absolute Gasteiger partial charge is 0.545 e. The van der Waals surface area contributed by atoms with Crippen LogP contribution < -0.4 is 24.8 Å². The van der Waals surface area contributed by atoms with Crippen molar-refractivity contribution >= 4 is 17.3 Å². The van der Waals surface area contributed by atoms with E-state index < -0.39 is 5.97 Å². The molecule has 1 fully saturated rings. The molecule has 0 amide bonds. The van der Waals surface area contributed by atoms with Crippen molar-refractivity contribution < 1.29 is 24.1 Å². The zero-order valence-electron chi connectivity index (χ0n) is 15.5. The second-order valence-electron chi connectivity index (χ2n) is 6.13. The number of carboxylic acid groups (broad SMARTS) is 1. The summed E-state index contributed by atoms with van der Waals surface area (Å²) in [7, 11) is 3.18. The van der Waals surface area contributed by atoms with E-state index in [0.29, 0.717) is 55.7 Å². The molecule has 0 radical (unpaired) electrons. The van der Waals surface area contributed by atoms with Gasteiger partial charge < -0.3 is 34.3 Å². The van der Waals surface area contributed by atoms with Crippen LogP contribution in [0.2, 0.25) is 0 Å². The lowest BCUT2D eigenvalue weighted by molar-refractivity contribution is -0.254. The van der Waals surface area contributed by atoms with Crippen molar-refractivity contribution in [2.75, 3.05) is 50.7 Å². The number of nitrogens with zero attached hydrogens (tertiary/aromatic N) is 1. The minimum absolute atomic E-state index is 0.166. The van der Waals surface area contributed by atoms with Crippen LogP contribution in [0.15, 0.2) is 36.4 Å². The smallest absolute Gasteiger partial charge is 0.165 e. The summed E-state index contributed by atoms with van der Waals surface area (Å²) >= 11 is 0. The molecule has 2 aromatic carbocycles. The normalized spacial score (nSPS) is 13.9. The molecule has 1 aliphatic rings. The van der Waals surface area contributed by atoms with E-state index >= 15 is 0 Å². The zero-order chi connectivity index (χ0) is 19.2. The van der Waals surface area contributed by atoms with Gasteiger partial charge in [0, 0.05) is 42.1 Å². The van der Waals surface area contributed by atoms with Crippen molar-refractivity contribution in [1.82, 2.24) is 0 Å². The Morgan fingerprint density at radius 1 is 1.19 bits per heavy atom. The second kappa shape index (κ2) is 8.64. The summed E-state index contributed by atoms with van der Waals surface area (Å²) in [4.78, 5) is 13.6. The topological polar surface area (TPSA) is 83.1 Å². The maximum atomic E-state index is 11.6. The van der Waals surface area contributed by atoms with Crippen LogP contribution >= 0.6 is 0 Å². The molecule has 0 atom stereocenters. The average Bonchev–Trinajstić information content (AvgIpc) is 2.72. The Hall–Kier alpha value is -2.93. The van der Waals surface area contributed by atoms with Crippen molar-refractivity contribution in [3.05, 3.63) is 47.5 Å². The van der Waals surface area contributed by atoms with Crippen molar-refractivity contribution in [3.63, 3.8) is 0 Å². The van der Waals surface area contributed by atoms with E-state index in [1.807, 2.05) is 35.2 Å². The molecule has 27 heavy (non-hydrogen) atoms. The van der Waals surface area contributed by atoms with Gasteiger partial charge in [-0.25, -0.2) is 0 Å². The van der Waals surface area contributed by atoms with Crippen LogP contribution in [0, 0.1) is 0 Å². The summed E-state index contributed by atoms with van der Waals surface area (Å²) in [6.07, 6.45) is 0. The molecule has 3 rings (SSSR count). The molecular weight excluding hydrogens is 348 g/mol. The maximum Gasteiger partial charge on any atom is 0.165 e. The van der Waals surface area contributed by atoms with Crippen LogP contribution in [0.3, 0.4) is 0 Å². The van der Waals surface area contributed by atoms with E-state index in [-0.39, 0.29) is 5.56 Å². The number of morpholine rings is 1. The molecule has 0 unspecified atom stereocenters. The fourth-order valence-electron chi connectivity index (χ4n) is 3.18. The predicted octanol–water partition coefficient (Wildman–Crippen LogP) is 1.52. The van der Waals surface area contributed by atoms with Crippen LogP contribution in [-0.4, -0.2) is 46.5 Å². The number of nitrogens with one attached hydrogen (secondary N) is 1. The van der Waals surface area contributed by atoms with Crippen molar-refractivity contribution in [2.45, 2.75) is 6.54 Å². The summed E-state index contributed by atoms with van der Waals surface area (Å²) in [6, 6.07) is 10.9. The van der Waals surface area contributed by atoms with E-state index in [2.05, 4.69) is 5.32 Å². The first-order valence-electron chi connectivity index (χ1n) is 8.76. The second-order valence-corrected chi connectivity index (χ2v) is 6.13. The monoisotopic (exact) mass is 371 g/mol. The molecule has 1 aliphatic heterocycles. The number of carbonyl (C=O) groups excluding carboxylic acids is 1. The molecule has 2 aromatic rings. The Morgan fingerprint density at radius 2 is 1.96 bits per heavy atom. The van der Waals surface area contributed by atoms with Gasteiger partial charge in [0.15, 0.2) is 11.5 Å². The van der Waals surface area contributed by atoms with Gasteiger partial charge in [0.25, 0.3) is 0 Å². The van der Waals surface area contributed by atoms with Crippen LogP contribution in [0.4, 0.5) is 11.4 Å². The fraction of sp³-hybridized carbons (Fsp3) is 0.350. The van der Waals surface area contributed by atoms with Crippen molar-refractivity contribution in [2.24, 2.45) is 0 Å². The molecule has 0 saturated carbocycles. The molecule has 0 spiro atoms. The molecule has 7 heteroatoms. The number of carbonyl (C=O) groups is 1. The summed E-state index contributed by atoms with van der Waals surface area (Å²) in [5, 5.41) is 14.9. The number of para-hydroxylation sites is 1. The Morgan fingerprint density at radius 3 is 2.63 bits per heavy atom. The number of carboxylic acids is 1. The Labute approximate surface area is 158 Å². The quantitative estimate of drug-likeness (QED) is 0.790. The van der Waals surface area contributed by atoms with Crippen molar-refractivity contribution in [3.8, 4) is 11.5 Å². The highest BCUT2D eigenvalue weighted by Gasteiger charge is 2.16. The first-order valence-corrected chi connectivity index (χ1v) is 8.76. The van der Waals surface area contributed by atoms with Crippen molar-refractivity contribution in [1.29, 1.82) is 0 Å². The Bertz CT molecular complexity index is 803. The zero-order valence-corrected chi connectivity index (χ0v) is 15.5. The third kappa shape index (κ3) is 4.25. The third-order valence-electron chi connectivity index (χ3n) is 4.54. The number of anilines is 2. The van der Waals surface area contributed by atoms with Gasteiger partial charge in [-0.05, 0) is 24.3 Å². The number of benzene rings is 2. The molecule has 1 saturated heterocycles. The number of hydrogen-bond donors (Lipinski definition) is 1. The number of rotatable bonds is 7. The van der Waals surface area contributed by atoms with Gasteiger partial charge >= 0.3 is 0 Å². The van der Waals surface area contributed by atoms with E-state index in [0.717, 1.165) is 5.56 Å². The fourth-order valence-corrected chi connectivity index (χ4v) is 3.18. The molecule has 0 aromatic heterocycles. The van der Waals surface area contributed by atoms with Crippen LogP contribution in [-0.2, 0) is 11.3 Å². The number of methoxy groups -OCH3 is 2. The van der Waals surface area contributed by atoms with Crippen LogP contribution in [0.25, 0.3) is 0 Å². The van der Waals surface area contributed by atoms with Crippen LogP contribution in [0.5, 0.6) is 11.5 Å². The molecule has 0 bridgehead atoms. The number of hydrogen-bond acceptors (Lipinski definition) is 7. The number of ether oxygens (including phenoxy) is 3. The lowest BCUT2D eigenvalue weighted by Crippen LogP contribution is -2.38. The van der Waals surface area contributed by atoms with Gasteiger partial charge in [0.2, 0.25) is 0 Å². The highest BCUT2D eigenvalue weighted by molar-refractivity contribution is 5.94. The molecule has 1 heterocycles. The highest BCUT2D eigenvalue weighted by atomic mass is 16.5. The molecular formula is C20H23N2O5-. The predicted molar refractivity (Wildman–Crippen MR) is 101 cm³/mol. The van der Waals surface area contributed by atoms with Gasteiger partial charge in [0.1, 0.15) is 0 Å². The molecule has 144 valence electrons.